The molecule has 0 saturated heterocycles. The van der Waals surface area contributed by atoms with E-state index in [-0.39, 0.29) is 5.92 Å². The Balaban J connectivity index is 1.59. The molecule has 4 rings (SSSR count). The van der Waals surface area contributed by atoms with Crippen LogP contribution in [0.5, 0.6) is 5.88 Å². The first-order chi connectivity index (χ1) is 15.5. The van der Waals surface area contributed by atoms with Crippen LogP contribution in [0.1, 0.15) is 34.0 Å². The third-order valence-electron chi connectivity index (χ3n) is 5.55. The average Bonchev–Trinajstić information content (AvgIpc) is 3.24. The number of ether oxygens (including phenoxy) is 1. The van der Waals surface area contributed by atoms with Gasteiger partial charge >= 0.3 is 0 Å². The molecule has 0 amide bonds. The maximum atomic E-state index is 13.8. The molecule has 0 aliphatic rings. The molecule has 0 saturated carbocycles. The SMILES string of the molecule is COc1nc(-c2cc(C)c(C[C@@H](CF)c3ccc(C)cc3)nn2)ccc1-n1cnc(C)c1. The summed E-state index contributed by atoms with van der Waals surface area (Å²) in [4.78, 5) is 8.88. The highest BCUT2D eigenvalue weighted by atomic mass is 19.1. The van der Waals surface area contributed by atoms with Crippen molar-refractivity contribution in [1.29, 1.82) is 0 Å². The summed E-state index contributed by atoms with van der Waals surface area (Å²) in [5.41, 5.74) is 6.87. The van der Waals surface area contributed by atoms with Gasteiger partial charge < -0.3 is 9.30 Å². The standard InChI is InChI=1S/C25H26FN5O/c1-16-5-7-19(8-6-16)20(13-26)12-22-17(2)11-23(30-29-22)21-9-10-24(25(28-21)32-4)31-14-18(3)27-15-31/h5-11,14-15,20H,12-13H2,1-4H3/t20-/m0/s1. The van der Waals surface area contributed by atoms with Crippen LogP contribution in [-0.4, -0.2) is 38.5 Å². The summed E-state index contributed by atoms with van der Waals surface area (Å²) in [6.07, 6.45) is 4.13. The van der Waals surface area contributed by atoms with Gasteiger partial charge in [0.1, 0.15) is 11.4 Å². The molecule has 0 aliphatic heterocycles. The first kappa shape index (κ1) is 21.6. The van der Waals surface area contributed by atoms with Gasteiger partial charge in [0.2, 0.25) is 5.88 Å². The lowest BCUT2D eigenvalue weighted by molar-refractivity contribution is 0.396. The Morgan fingerprint density at radius 1 is 1.00 bits per heavy atom. The molecule has 1 atom stereocenters. The molecular weight excluding hydrogens is 405 g/mol. The zero-order chi connectivity index (χ0) is 22.7. The summed E-state index contributed by atoms with van der Waals surface area (Å²) in [5.74, 6) is 0.228. The molecule has 32 heavy (non-hydrogen) atoms. The number of rotatable bonds is 7. The molecule has 4 aromatic rings. The van der Waals surface area contributed by atoms with E-state index in [9.17, 15) is 4.39 Å². The second kappa shape index (κ2) is 9.26. The number of alkyl halides is 1. The van der Waals surface area contributed by atoms with E-state index in [4.69, 9.17) is 4.74 Å². The van der Waals surface area contributed by atoms with E-state index in [1.54, 1.807) is 13.4 Å². The second-order valence-electron chi connectivity index (χ2n) is 7.97. The molecule has 0 radical (unpaired) electrons. The molecule has 0 aliphatic carbocycles. The lowest BCUT2D eigenvalue weighted by atomic mass is 9.93. The van der Waals surface area contributed by atoms with E-state index in [2.05, 4.69) is 20.2 Å². The number of halogens is 1. The molecular formula is C25H26FN5O. The highest BCUT2D eigenvalue weighted by Gasteiger charge is 2.17. The molecule has 0 spiro atoms. The molecule has 7 heteroatoms. The highest BCUT2D eigenvalue weighted by Crippen LogP contribution is 2.27. The summed E-state index contributed by atoms with van der Waals surface area (Å²) in [6.45, 7) is 5.48. The third kappa shape index (κ3) is 4.51. The Morgan fingerprint density at radius 2 is 1.78 bits per heavy atom. The number of methoxy groups -OCH3 is 1. The molecule has 0 N–H and O–H groups in total. The predicted molar refractivity (Wildman–Crippen MR) is 122 cm³/mol. The summed E-state index contributed by atoms with van der Waals surface area (Å²) in [7, 11) is 1.58. The first-order valence-electron chi connectivity index (χ1n) is 10.5. The van der Waals surface area contributed by atoms with Crippen LogP contribution in [0.2, 0.25) is 0 Å². The molecule has 3 aromatic heterocycles. The van der Waals surface area contributed by atoms with E-state index in [1.165, 1.54) is 0 Å². The van der Waals surface area contributed by atoms with Crippen LogP contribution in [0.15, 0.2) is 55.0 Å². The Hall–Kier alpha value is -3.61. The number of hydrogen-bond donors (Lipinski definition) is 0. The minimum Gasteiger partial charge on any atom is -0.479 e. The second-order valence-corrected chi connectivity index (χ2v) is 7.97. The fourth-order valence-corrected chi connectivity index (χ4v) is 3.65. The third-order valence-corrected chi connectivity index (χ3v) is 5.55. The fourth-order valence-electron chi connectivity index (χ4n) is 3.65. The molecule has 164 valence electrons. The molecule has 0 unspecified atom stereocenters. The van der Waals surface area contributed by atoms with Crippen molar-refractivity contribution in [3.63, 3.8) is 0 Å². The monoisotopic (exact) mass is 431 g/mol. The molecule has 1 aromatic carbocycles. The van der Waals surface area contributed by atoms with Gasteiger partial charge in [-0.05, 0) is 50.1 Å². The Morgan fingerprint density at radius 3 is 2.41 bits per heavy atom. The van der Waals surface area contributed by atoms with E-state index in [0.29, 0.717) is 23.7 Å². The average molecular weight is 432 g/mol. The van der Waals surface area contributed by atoms with Crippen molar-refractivity contribution in [2.45, 2.75) is 33.1 Å². The maximum Gasteiger partial charge on any atom is 0.238 e. The smallest absolute Gasteiger partial charge is 0.238 e. The van der Waals surface area contributed by atoms with Crippen LogP contribution in [0.25, 0.3) is 17.1 Å². The Bertz CT molecular complexity index is 1220. The number of benzene rings is 1. The zero-order valence-corrected chi connectivity index (χ0v) is 18.7. The van der Waals surface area contributed by atoms with Crippen LogP contribution in [-0.2, 0) is 6.42 Å². The lowest BCUT2D eigenvalue weighted by Gasteiger charge is -2.15. The topological polar surface area (TPSA) is 65.7 Å². The van der Waals surface area contributed by atoms with E-state index in [1.807, 2.05) is 74.0 Å². The van der Waals surface area contributed by atoms with Gasteiger partial charge in [0.15, 0.2) is 0 Å². The highest BCUT2D eigenvalue weighted by molar-refractivity contribution is 5.59. The maximum absolute atomic E-state index is 13.8. The lowest BCUT2D eigenvalue weighted by Crippen LogP contribution is -2.09. The van der Waals surface area contributed by atoms with Gasteiger partial charge in [0.05, 0.1) is 37.2 Å². The number of aromatic nitrogens is 5. The van der Waals surface area contributed by atoms with E-state index in [0.717, 1.165) is 33.8 Å². The first-order valence-corrected chi connectivity index (χ1v) is 10.5. The normalized spacial score (nSPS) is 12.0. The molecule has 3 heterocycles. The van der Waals surface area contributed by atoms with Crippen LogP contribution >= 0.6 is 0 Å². The zero-order valence-electron chi connectivity index (χ0n) is 18.7. The van der Waals surface area contributed by atoms with Crippen LogP contribution < -0.4 is 4.74 Å². The van der Waals surface area contributed by atoms with Gasteiger partial charge in [-0.3, -0.25) is 4.39 Å². The van der Waals surface area contributed by atoms with Gasteiger partial charge in [-0.25, -0.2) is 9.97 Å². The fraction of sp³-hybridized carbons (Fsp3) is 0.280. The quantitative estimate of drug-likeness (QED) is 0.414. The van der Waals surface area contributed by atoms with Crippen molar-refractivity contribution in [3.8, 4) is 23.0 Å². The largest absolute Gasteiger partial charge is 0.479 e. The number of nitrogens with zero attached hydrogens (tertiary/aromatic N) is 5. The summed E-state index contributed by atoms with van der Waals surface area (Å²) in [5, 5.41) is 8.79. The predicted octanol–water partition coefficient (Wildman–Crippen LogP) is 4.95. The molecule has 0 bridgehead atoms. The minimum absolute atomic E-state index is 0.245. The van der Waals surface area contributed by atoms with Gasteiger partial charge in [0.25, 0.3) is 0 Å². The summed E-state index contributed by atoms with van der Waals surface area (Å²) in [6, 6.07) is 13.7. The van der Waals surface area contributed by atoms with Gasteiger partial charge in [-0.15, -0.1) is 5.10 Å². The van der Waals surface area contributed by atoms with Gasteiger partial charge in [-0.2, -0.15) is 5.10 Å². The van der Waals surface area contributed by atoms with Crippen molar-refractivity contribution in [3.05, 3.63) is 83.1 Å². The number of aryl methyl sites for hydroxylation is 3. The Labute approximate surface area is 187 Å². The van der Waals surface area contributed by atoms with Crippen LogP contribution in [0.4, 0.5) is 4.39 Å². The summed E-state index contributed by atoms with van der Waals surface area (Å²) >= 11 is 0. The summed E-state index contributed by atoms with van der Waals surface area (Å²) < 4.78 is 21.2. The van der Waals surface area contributed by atoms with Crippen molar-refractivity contribution in [1.82, 2.24) is 24.7 Å². The Kier molecular flexibility index (Phi) is 6.25. The molecule has 0 fully saturated rings. The van der Waals surface area contributed by atoms with Gasteiger partial charge in [-0.1, -0.05) is 29.8 Å². The van der Waals surface area contributed by atoms with E-state index < -0.39 is 6.67 Å². The van der Waals surface area contributed by atoms with E-state index >= 15 is 0 Å². The van der Waals surface area contributed by atoms with Crippen LogP contribution in [0, 0.1) is 20.8 Å². The van der Waals surface area contributed by atoms with Gasteiger partial charge in [0, 0.05) is 18.5 Å². The van der Waals surface area contributed by atoms with Crippen molar-refractivity contribution in [2.75, 3.05) is 13.8 Å². The van der Waals surface area contributed by atoms with Crippen molar-refractivity contribution in [2.24, 2.45) is 0 Å². The molecule has 6 nitrogen and oxygen atoms in total. The number of pyridine rings is 1. The minimum atomic E-state index is -0.445. The van der Waals surface area contributed by atoms with Crippen molar-refractivity contribution < 1.29 is 9.13 Å². The van der Waals surface area contributed by atoms with Crippen molar-refractivity contribution >= 4 is 0 Å². The van der Waals surface area contributed by atoms with Crippen LogP contribution in [0.3, 0.4) is 0 Å². The number of hydrogen-bond acceptors (Lipinski definition) is 5. The number of imidazole rings is 1.